The van der Waals surface area contributed by atoms with Crippen LogP contribution < -0.4 is 4.72 Å². The molecule has 1 aromatic heterocycles. The third-order valence-corrected chi connectivity index (χ3v) is 8.35. The van der Waals surface area contributed by atoms with Crippen LogP contribution in [0.3, 0.4) is 0 Å². The first kappa shape index (κ1) is 22.0. The number of hydrogen-bond acceptors (Lipinski definition) is 4. The minimum absolute atomic E-state index is 0.124. The van der Waals surface area contributed by atoms with Gasteiger partial charge < -0.3 is 5.11 Å². The molecule has 154 valence electrons. The monoisotopic (exact) mass is 449 g/mol. The zero-order valence-corrected chi connectivity index (χ0v) is 18.6. The number of halogens is 1. The first-order valence-corrected chi connectivity index (χ1v) is 12.1. The third kappa shape index (κ3) is 4.57. The SMILES string of the molecule is CCC(C)C(NS(=O)(=O)c1ccc(Cl)s1)C(O)(c1ccccc1)c1ccccc1. The average Bonchev–Trinajstić information content (AvgIpc) is 3.19. The Bertz CT molecular complexity index is 997. The van der Waals surface area contributed by atoms with E-state index in [1.165, 1.54) is 6.07 Å². The van der Waals surface area contributed by atoms with Gasteiger partial charge in [-0.05, 0) is 29.2 Å². The molecule has 2 atom stereocenters. The van der Waals surface area contributed by atoms with Gasteiger partial charge in [-0.3, -0.25) is 0 Å². The van der Waals surface area contributed by atoms with Crippen LogP contribution in [-0.2, 0) is 15.6 Å². The lowest BCUT2D eigenvalue weighted by Gasteiger charge is -2.40. The van der Waals surface area contributed by atoms with Gasteiger partial charge in [-0.2, -0.15) is 0 Å². The molecule has 0 fully saturated rings. The van der Waals surface area contributed by atoms with Gasteiger partial charge in [-0.1, -0.05) is 92.5 Å². The second kappa shape index (κ2) is 8.98. The molecule has 3 rings (SSSR count). The predicted octanol–water partition coefficient (Wildman–Crippen LogP) is 5.03. The molecule has 0 spiro atoms. The maximum absolute atomic E-state index is 13.1. The Kier molecular flexibility index (Phi) is 6.81. The highest BCUT2D eigenvalue weighted by molar-refractivity contribution is 7.91. The van der Waals surface area contributed by atoms with E-state index in [4.69, 9.17) is 11.6 Å². The van der Waals surface area contributed by atoms with Crippen LogP contribution in [0.4, 0.5) is 0 Å². The van der Waals surface area contributed by atoms with Crippen LogP contribution in [0.15, 0.2) is 77.0 Å². The molecule has 7 heteroatoms. The number of benzene rings is 2. The number of thiophene rings is 1. The molecule has 0 aliphatic carbocycles. The Hall–Kier alpha value is -1.70. The van der Waals surface area contributed by atoms with Gasteiger partial charge in [0.05, 0.1) is 10.4 Å². The van der Waals surface area contributed by atoms with E-state index in [1.807, 2.05) is 74.5 Å². The summed E-state index contributed by atoms with van der Waals surface area (Å²) in [4.78, 5) is 0. The van der Waals surface area contributed by atoms with E-state index in [1.54, 1.807) is 6.07 Å². The van der Waals surface area contributed by atoms with Crippen LogP contribution in [0.2, 0.25) is 4.34 Å². The van der Waals surface area contributed by atoms with Crippen molar-refractivity contribution < 1.29 is 13.5 Å². The molecule has 3 aromatic rings. The minimum Gasteiger partial charge on any atom is -0.379 e. The van der Waals surface area contributed by atoms with Gasteiger partial charge in [0.2, 0.25) is 10.0 Å². The standard InChI is InChI=1S/C22H24ClNO3S2/c1-3-16(2)21(24-29(26,27)20-15-14-19(23)28-20)22(25,17-10-6-4-7-11-17)18-12-8-5-9-13-18/h4-16,21,24-25H,3H2,1-2H3. The molecule has 1 heterocycles. The first-order chi connectivity index (χ1) is 13.8. The molecular formula is C22H24ClNO3S2. The summed E-state index contributed by atoms with van der Waals surface area (Å²) in [7, 11) is -3.87. The van der Waals surface area contributed by atoms with Gasteiger partial charge in [0.25, 0.3) is 0 Å². The third-order valence-electron chi connectivity index (χ3n) is 5.19. The van der Waals surface area contributed by atoms with E-state index in [9.17, 15) is 13.5 Å². The van der Waals surface area contributed by atoms with Crippen molar-refractivity contribution in [1.82, 2.24) is 4.72 Å². The Morgan fingerprint density at radius 1 is 1.00 bits per heavy atom. The van der Waals surface area contributed by atoms with Crippen LogP contribution in [0.5, 0.6) is 0 Å². The molecule has 2 unspecified atom stereocenters. The number of sulfonamides is 1. The van der Waals surface area contributed by atoms with Crippen molar-refractivity contribution in [3.63, 3.8) is 0 Å². The molecular weight excluding hydrogens is 426 g/mol. The van der Waals surface area contributed by atoms with Crippen molar-refractivity contribution in [2.24, 2.45) is 5.92 Å². The summed E-state index contributed by atoms with van der Waals surface area (Å²) < 4.78 is 29.5. The molecule has 2 aromatic carbocycles. The van der Waals surface area contributed by atoms with Crippen molar-refractivity contribution in [3.05, 3.63) is 88.3 Å². The highest BCUT2D eigenvalue weighted by Crippen LogP contribution is 2.38. The summed E-state index contributed by atoms with van der Waals surface area (Å²) in [6.45, 7) is 3.91. The summed E-state index contributed by atoms with van der Waals surface area (Å²) in [6.07, 6.45) is 0.681. The lowest BCUT2D eigenvalue weighted by atomic mass is 9.75. The molecule has 0 amide bonds. The number of aliphatic hydroxyl groups is 1. The smallest absolute Gasteiger partial charge is 0.250 e. The molecule has 0 aliphatic rings. The molecule has 0 saturated heterocycles. The molecule has 0 radical (unpaired) electrons. The average molecular weight is 450 g/mol. The number of rotatable bonds is 8. The topological polar surface area (TPSA) is 66.4 Å². The van der Waals surface area contributed by atoms with Crippen LogP contribution in [-0.4, -0.2) is 19.6 Å². The highest BCUT2D eigenvalue weighted by atomic mass is 35.5. The number of nitrogens with one attached hydrogen (secondary N) is 1. The van der Waals surface area contributed by atoms with Gasteiger partial charge in [0.1, 0.15) is 9.81 Å². The van der Waals surface area contributed by atoms with Gasteiger partial charge in [-0.25, -0.2) is 13.1 Å². The van der Waals surface area contributed by atoms with Crippen LogP contribution in [0.25, 0.3) is 0 Å². The molecule has 0 saturated carbocycles. The van der Waals surface area contributed by atoms with Gasteiger partial charge in [0.15, 0.2) is 0 Å². The van der Waals surface area contributed by atoms with Crippen molar-refractivity contribution in [2.75, 3.05) is 0 Å². The Labute approximate surface area is 181 Å². The summed E-state index contributed by atoms with van der Waals surface area (Å²) in [6, 6.07) is 20.6. The van der Waals surface area contributed by atoms with E-state index in [2.05, 4.69) is 4.72 Å². The van der Waals surface area contributed by atoms with Gasteiger partial charge in [-0.15, -0.1) is 11.3 Å². The van der Waals surface area contributed by atoms with Gasteiger partial charge in [0, 0.05) is 0 Å². The summed E-state index contributed by atoms with van der Waals surface area (Å²) in [5.74, 6) is -0.148. The van der Waals surface area contributed by atoms with E-state index < -0.39 is 21.7 Å². The second-order valence-corrected chi connectivity index (χ2v) is 10.7. The molecule has 0 aliphatic heterocycles. The Morgan fingerprint density at radius 3 is 1.93 bits per heavy atom. The van der Waals surface area contributed by atoms with Crippen molar-refractivity contribution in [1.29, 1.82) is 0 Å². The normalized spacial score (nSPS) is 14.5. The lowest BCUT2D eigenvalue weighted by molar-refractivity contribution is 0.0247. The van der Waals surface area contributed by atoms with Crippen molar-refractivity contribution in [3.8, 4) is 0 Å². The van der Waals surface area contributed by atoms with E-state index >= 15 is 0 Å². The highest BCUT2D eigenvalue weighted by Gasteiger charge is 2.44. The second-order valence-electron chi connectivity index (χ2n) is 7.04. The molecule has 4 nitrogen and oxygen atoms in total. The first-order valence-electron chi connectivity index (χ1n) is 9.40. The summed E-state index contributed by atoms with van der Waals surface area (Å²) in [5.41, 5.74) is -0.293. The van der Waals surface area contributed by atoms with Crippen LogP contribution >= 0.6 is 22.9 Å². The van der Waals surface area contributed by atoms with Crippen LogP contribution in [0, 0.1) is 5.92 Å². The van der Waals surface area contributed by atoms with Crippen molar-refractivity contribution in [2.45, 2.75) is 36.1 Å². The number of hydrogen-bond donors (Lipinski definition) is 2. The van der Waals surface area contributed by atoms with Crippen molar-refractivity contribution >= 4 is 33.0 Å². The molecule has 2 N–H and O–H groups in total. The predicted molar refractivity (Wildman–Crippen MR) is 119 cm³/mol. The Morgan fingerprint density at radius 2 is 1.52 bits per heavy atom. The fourth-order valence-corrected chi connectivity index (χ4v) is 6.29. The molecule has 0 bridgehead atoms. The quantitative estimate of drug-likeness (QED) is 0.506. The maximum atomic E-state index is 13.1. The minimum atomic E-state index is -3.87. The van der Waals surface area contributed by atoms with Crippen LogP contribution in [0.1, 0.15) is 31.4 Å². The summed E-state index contributed by atoms with van der Waals surface area (Å²) >= 11 is 6.94. The van der Waals surface area contributed by atoms with E-state index in [0.717, 1.165) is 11.3 Å². The fraction of sp³-hybridized carbons (Fsp3) is 0.273. The lowest BCUT2D eigenvalue weighted by Crippen LogP contribution is -2.54. The van der Waals surface area contributed by atoms with Gasteiger partial charge >= 0.3 is 0 Å². The maximum Gasteiger partial charge on any atom is 0.250 e. The summed E-state index contributed by atoms with van der Waals surface area (Å²) in [5, 5.41) is 12.1. The fourth-order valence-electron chi connectivity index (χ4n) is 3.43. The van der Waals surface area contributed by atoms with E-state index in [-0.39, 0.29) is 10.1 Å². The Balaban J connectivity index is 2.15. The van der Waals surface area contributed by atoms with E-state index in [0.29, 0.717) is 21.9 Å². The zero-order chi connectivity index (χ0) is 21.1. The largest absolute Gasteiger partial charge is 0.379 e. The molecule has 29 heavy (non-hydrogen) atoms. The zero-order valence-electron chi connectivity index (χ0n) is 16.2.